The number of ether oxygens (including phenoxy) is 2. The molecule has 0 bridgehead atoms. The molecule has 0 spiro atoms. The highest BCUT2D eigenvalue weighted by Crippen LogP contribution is 2.28. The molecule has 10 heteroatoms. The monoisotopic (exact) mass is 290 g/mol. The molecule has 1 aliphatic heterocycles. The third-order valence-electron chi connectivity index (χ3n) is 2.18. The number of carboxylic acids is 1. The van der Waals surface area contributed by atoms with Crippen molar-refractivity contribution in [1.29, 1.82) is 0 Å². The molecule has 2 atom stereocenters. The Morgan fingerprint density at radius 1 is 1.35 bits per heavy atom. The number of aliphatic carboxylic acids is 1. The molecule has 20 heavy (non-hydrogen) atoms. The number of rotatable bonds is 5. The lowest BCUT2D eigenvalue weighted by Gasteiger charge is -2.29. The van der Waals surface area contributed by atoms with Crippen LogP contribution in [0.15, 0.2) is 23.7 Å². The van der Waals surface area contributed by atoms with Crippen LogP contribution >= 0.6 is 0 Å². The Labute approximate surface area is 110 Å². The SMILES string of the molecule is O=C(O)/C=C/C(=O)O[C@](O)(CO)[C@H]1OC(=O)C(O)=C1O. The topological polar surface area (TPSA) is 171 Å². The van der Waals surface area contributed by atoms with Gasteiger partial charge in [0, 0.05) is 12.2 Å². The van der Waals surface area contributed by atoms with Gasteiger partial charge in [-0.3, -0.25) is 0 Å². The Balaban J connectivity index is 2.91. The second-order valence-electron chi connectivity index (χ2n) is 3.61. The van der Waals surface area contributed by atoms with Crippen molar-refractivity contribution >= 4 is 17.9 Å². The van der Waals surface area contributed by atoms with E-state index in [-0.39, 0.29) is 0 Å². The van der Waals surface area contributed by atoms with Gasteiger partial charge in [0.1, 0.15) is 6.61 Å². The van der Waals surface area contributed by atoms with Gasteiger partial charge >= 0.3 is 17.9 Å². The smallest absolute Gasteiger partial charge is 0.378 e. The highest BCUT2D eigenvalue weighted by atomic mass is 16.7. The van der Waals surface area contributed by atoms with Gasteiger partial charge in [-0.15, -0.1) is 0 Å². The number of esters is 2. The first-order valence-electron chi connectivity index (χ1n) is 5.01. The number of aliphatic hydroxyl groups is 4. The zero-order valence-electron chi connectivity index (χ0n) is 9.72. The molecule has 110 valence electrons. The van der Waals surface area contributed by atoms with E-state index in [4.69, 9.17) is 15.3 Å². The minimum atomic E-state index is -2.88. The Kier molecular flexibility index (Phi) is 4.32. The van der Waals surface area contributed by atoms with Crippen molar-refractivity contribution in [3.8, 4) is 0 Å². The van der Waals surface area contributed by atoms with Crippen LogP contribution in [-0.4, -0.2) is 61.9 Å². The maximum absolute atomic E-state index is 11.2. The number of hydrogen-bond acceptors (Lipinski definition) is 9. The molecule has 0 fully saturated rings. The number of carbonyl (C=O) groups is 3. The van der Waals surface area contributed by atoms with Crippen molar-refractivity contribution < 1.29 is 49.4 Å². The second kappa shape index (κ2) is 5.59. The third kappa shape index (κ3) is 3.05. The molecule has 0 amide bonds. The van der Waals surface area contributed by atoms with Crippen LogP contribution < -0.4 is 0 Å². The van der Waals surface area contributed by atoms with Gasteiger partial charge in [-0.2, -0.15) is 0 Å². The van der Waals surface area contributed by atoms with E-state index in [1.165, 1.54) is 0 Å². The molecule has 1 rings (SSSR count). The zero-order valence-corrected chi connectivity index (χ0v) is 9.72. The van der Waals surface area contributed by atoms with Gasteiger partial charge in [0.15, 0.2) is 5.76 Å². The molecule has 0 unspecified atom stereocenters. The van der Waals surface area contributed by atoms with Gasteiger partial charge < -0.3 is 35.0 Å². The number of carbonyl (C=O) groups excluding carboxylic acids is 2. The maximum atomic E-state index is 11.2. The van der Waals surface area contributed by atoms with Gasteiger partial charge in [0.25, 0.3) is 5.79 Å². The van der Waals surface area contributed by atoms with E-state index in [0.29, 0.717) is 12.2 Å². The largest absolute Gasteiger partial charge is 0.505 e. The number of hydrogen-bond donors (Lipinski definition) is 5. The number of carboxylic acid groups (broad SMARTS) is 1. The molecule has 0 aliphatic carbocycles. The molecular weight excluding hydrogens is 280 g/mol. The zero-order chi connectivity index (χ0) is 15.5. The number of aliphatic hydroxyl groups excluding tert-OH is 3. The third-order valence-corrected chi connectivity index (χ3v) is 2.18. The van der Waals surface area contributed by atoms with Gasteiger partial charge in [-0.05, 0) is 0 Å². The highest BCUT2D eigenvalue weighted by molar-refractivity contribution is 5.91. The van der Waals surface area contributed by atoms with E-state index in [2.05, 4.69) is 9.47 Å². The Hall–Kier alpha value is -2.59. The normalized spacial score (nSPS) is 21.7. The molecule has 5 N–H and O–H groups in total. The second-order valence-corrected chi connectivity index (χ2v) is 3.61. The number of cyclic esters (lactones) is 1. The van der Waals surface area contributed by atoms with Crippen LogP contribution in [0, 0.1) is 0 Å². The summed E-state index contributed by atoms with van der Waals surface area (Å²) in [5.41, 5.74) is 0. The summed E-state index contributed by atoms with van der Waals surface area (Å²) < 4.78 is 8.65. The molecule has 0 saturated carbocycles. The predicted molar refractivity (Wildman–Crippen MR) is 57.1 cm³/mol. The Bertz CT molecular complexity index is 504. The van der Waals surface area contributed by atoms with Crippen LogP contribution in [0.25, 0.3) is 0 Å². The summed E-state index contributed by atoms with van der Waals surface area (Å²) in [4.78, 5) is 32.3. The maximum Gasteiger partial charge on any atom is 0.378 e. The van der Waals surface area contributed by atoms with Crippen molar-refractivity contribution in [2.75, 3.05) is 6.61 Å². The van der Waals surface area contributed by atoms with Gasteiger partial charge in [0.2, 0.25) is 11.9 Å². The fourth-order valence-electron chi connectivity index (χ4n) is 1.27. The highest BCUT2D eigenvalue weighted by Gasteiger charge is 2.51. The van der Waals surface area contributed by atoms with Gasteiger partial charge in [-0.1, -0.05) is 0 Å². The van der Waals surface area contributed by atoms with Crippen LogP contribution in [0.4, 0.5) is 0 Å². The van der Waals surface area contributed by atoms with E-state index >= 15 is 0 Å². The van der Waals surface area contributed by atoms with E-state index in [9.17, 15) is 24.6 Å². The summed E-state index contributed by atoms with van der Waals surface area (Å²) in [5.74, 6) is -9.48. The summed E-state index contributed by atoms with van der Waals surface area (Å²) in [7, 11) is 0. The molecule has 0 aromatic heterocycles. The minimum absolute atomic E-state index is 0.397. The van der Waals surface area contributed by atoms with Gasteiger partial charge in [-0.25, -0.2) is 14.4 Å². The first-order valence-corrected chi connectivity index (χ1v) is 5.01. The van der Waals surface area contributed by atoms with Crippen molar-refractivity contribution in [3.63, 3.8) is 0 Å². The predicted octanol–water partition coefficient (Wildman–Crippen LogP) is -1.90. The Morgan fingerprint density at radius 2 is 1.95 bits per heavy atom. The molecule has 0 radical (unpaired) electrons. The molecule has 0 saturated heterocycles. The van der Waals surface area contributed by atoms with Crippen LogP contribution in [0.3, 0.4) is 0 Å². The molecular formula is C10H10O10. The van der Waals surface area contributed by atoms with Crippen molar-refractivity contribution in [3.05, 3.63) is 23.7 Å². The molecule has 10 nitrogen and oxygen atoms in total. The summed E-state index contributed by atoms with van der Waals surface area (Å²) >= 11 is 0. The molecule has 0 aromatic carbocycles. The van der Waals surface area contributed by atoms with Crippen LogP contribution in [-0.2, 0) is 23.9 Å². The average Bonchev–Trinajstić information content (AvgIpc) is 2.64. The summed E-state index contributed by atoms with van der Waals surface area (Å²) in [5, 5.41) is 45.4. The lowest BCUT2D eigenvalue weighted by atomic mass is 10.1. The van der Waals surface area contributed by atoms with Crippen molar-refractivity contribution in [1.82, 2.24) is 0 Å². The first kappa shape index (κ1) is 15.5. The van der Waals surface area contributed by atoms with Gasteiger partial charge in [0.05, 0.1) is 0 Å². The van der Waals surface area contributed by atoms with E-state index in [0.717, 1.165) is 0 Å². The molecule has 1 aliphatic rings. The van der Waals surface area contributed by atoms with E-state index in [1.54, 1.807) is 0 Å². The Morgan fingerprint density at radius 3 is 2.35 bits per heavy atom. The fraction of sp³-hybridized carbons (Fsp3) is 0.300. The van der Waals surface area contributed by atoms with Crippen LogP contribution in [0.1, 0.15) is 0 Å². The van der Waals surface area contributed by atoms with Crippen LogP contribution in [0.2, 0.25) is 0 Å². The summed E-state index contributed by atoms with van der Waals surface area (Å²) in [6.45, 7) is -1.30. The van der Waals surface area contributed by atoms with E-state index in [1.807, 2.05) is 0 Å². The summed E-state index contributed by atoms with van der Waals surface area (Å²) in [6, 6.07) is 0. The first-order chi connectivity index (χ1) is 9.21. The molecule has 1 heterocycles. The van der Waals surface area contributed by atoms with Crippen molar-refractivity contribution in [2.45, 2.75) is 11.9 Å². The quantitative estimate of drug-likeness (QED) is 0.219. The average molecular weight is 290 g/mol. The summed E-state index contributed by atoms with van der Waals surface area (Å²) in [6.07, 6.45) is -1.23. The molecule has 0 aromatic rings. The van der Waals surface area contributed by atoms with E-state index < -0.39 is 47.9 Å². The minimum Gasteiger partial charge on any atom is -0.505 e. The fourth-order valence-corrected chi connectivity index (χ4v) is 1.27. The lowest BCUT2D eigenvalue weighted by molar-refractivity contribution is -0.256. The lowest BCUT2D eigenvalue weighted by Crippen LogP contribution is -2.50. The standard InChI is InChI=1S/C10H10O10/c11-3-10(18,20-5(14)2-1-4(12)13)8-6(15)7(16)9(17)19-8/h1-2,8,11,15-16,18H,3H2,(H,12,13)/b2-1+/t8-,10+/m0/s1. The van der Waals surface area contributed by atoms with Crippen LogP contribution in [0.5, 0.6) is 0 Å². The van der Waals surface area contributed by atoms with Crippen molar-refractivity contribution in [2.24, 2.45) is 0 Å².